The van der Waals surface area contributed by atoms with Crippen molar-refractivity contribution >= 4 is 23.3 Å². The van der Waals surface area contributed by atoms with E-state index in [1.165, 1.54) is 0 Å². The van der Waals surface area contributed by atoms with E-state index in [0.29, 0.717) is 40.5 Å². The highest BCUT2D eigenvalue weighted by atomic mass is 16.5. The van der Waals surface area contributed by atoms with Crippen LogP contribution in [-0.2, 0) is 27.4 Å². The molecule has 0 radical (unpaired) electrons. The van der Waals surface area contributed by atoms with Gasteiger partial charge in [-0.25, -0.2) is 0 Å². The Morgan fingerprint density at radius 3 is 2.30 bits per heavy atom. The molecular weight excluding hydrogens is 472 g/mol. The summed E-state index contributed by atoms with van der Waals surface area (Å²) in [6.07, 6.45) is 0.000503. The number of hydrogen-bond acceptors (Lipinski definition) is 7. The first-order valence-corrected chi connectivity index (χ1v) is 11.7. The van der Waals surface area contributed by atoms with Gasteiger partial charge in [0.1, 0.15) is 18.1 Å². The van der Waals surface area contributed by atoms with Gasteiger partial charge in [-0.1, -0.05) is 59.8 Å². The van der Waals surface area contributed by atoms with Crippen molar-refractivity contribution in [2.45, 2.75) is 26.9 Å². The summed E-state index contributed by atoms with van der Waals surface area (Å²) in [4.78, 5) is 37.5. The molecule has 0 unspecified atom stereocenters. The van der Waals surface area contributed by atoms with Crippen LogP contribution < -0.4 is 10.1 Å². The van der Waals surface area contributed by atoms with Crippen molar-refractivity contribution in [1.82, 2.24) is 5.16 Å². The van der Waals surface area contributed by atoms with Crippen molar-refractivity contribution in [2.24, 2.45) is 0 Å². The Morgan fingerprint density at radius 2 is 1.59 bits per heavy atom. The van der Waals surface area contributed by atoms with E-state index in [4.69, 9.17) is 14.0 Å². The average Bonchev–Trinajstić information content (AvgIpc) is 3.24. The summed E-state index contributed by atoms with van der Waals surface area (Å²) in [7, 11) is 0. The number of ketones is 1. The fourth-order valence-electron chi connectivity index (χ4n) is 3.65. The third kappa shape index (κ3) is 6.70. The Bertz CT molecular complexity index is 1370. The predicted octanol–water partition coefficient (Wildman–Crippen LogP) is 4.83. The number of nitrogens with one attached hydrogen (secondary N) is 1. The van der Waals surface area contributed by atoms with Crippen molar-refractivity contribution in [3.8, 4) is 5.75 Å². The number of hydrogen-bond donors (Lipinski definition) is 1. The zero-order chi connectivity index (χ0) is 26.2. The number of aromatic nitrogens is 1. The van der Waals surface area contributed by atoms with E-state index < -0.39 is 18.5 Å². The van der Waals surface area contributed by atoms with Gasteiger partial charge in [-0.2, -0.15) is 0 Å². The van der Waals surface area contributed by atoms with Crippen LogP contribution in [0.15, 0.2) is 83.4 Å². The molecule has 37 heavy (non-hydrogen) atoms. The number of rotatable bonds is 10. The highest BCUT2D eigenvalue weighted by molar-refractivity contribution is 6.13. The lowest BCUT2D eigenvalue weighted by Crippen LogP contribution is -2.22. The Hall–Kier alpha value is -4.72. The summed E-state index contributed by atoms with van der Waals surface area (Å²) in [5.74, 6) is 0.0536. The summed E-state index contributed by atoms with van der Waals surface area (Å²) in [6, 6.07) is 22.5. The van der Waals surface area contributed by atoms with Crippen LogP contribution in [0.4, 0.5) is 5.69 Å². The standard InChI is InChI=1S/C29H26N2O6/c1-19-25(20(2)37-31-19)17-35-23-14-12-21(13-15-23)16-28(33)36-18-27(32)30-26-11-7-6-10-24(26)29(34)22-8-4-3-5-9-22/h3-15H,16-18H2,1-2H3,(H,30,32). The molecule has 0 aliphatic heterocycles. The second-order valence-corrected chi connectivity index (χ2v) is 8.36. The molecule has 1 heterocycles. The number of para-hydroxylation sites is 1. The van der Waals surface area contributed by atoms with Gasteiger partial charge in [-0.15, -0.1) is 0 Å². The van der Waals surface area contributed by atoms with Crippen LogP contribution in [-0.4, -0.2) is 29.4 Å². The highest BCUT2D eigenvalue weighted by Crippen LogP contribution is 2.20. The van der Waals surface area contributed by atoms with E-state index in [-0.39, 0.29) is 12.2 Å². The third-order valence-electron chi connectivity index (χ3n) is 5.68. The van der Waals surface area contributed by atoms with Gasteiger partial charge in [-0.05, 0) is 43.7 Å². The molecule has 0 aliphatic rings. The molecule has 0 aliphatic carbocycles. The van der Waals surface area contributed by atoms with E-state index in [1.807, 2.05) is 19.9 Å². The first-order chi connectivity index (χ1) is 17.9. The van der Waals surface area contributed by atoms with Crippen molar-refractivity contribution in [3.63, 3.8) is 0 Å². The molecule has 0 fully saturated rings. The number of anilines is 1. The molecule has 0 saturated carbocycles. The minimum Gasteiger partial charge on any atom is -0.489 e. The van der Waals surface area contributed by atoms with Gasteiger partial charge in [0.05, 0.1) is 23.4 Å². The van der Waals surface area contributed by atoms with Crippen LogP contribution in [0.3, 0.4) is 0 Å². The zero-order valence-electron chi connectivity index (χ0n) is 20.5. The van der Waals surface area contributed by atoms with E-state index in [2.05, 4.69) is 10.5 Å². The lowest BCUT2D eigenvalue weighted by atomic mass is 10.0. The van der Waals surface area contributed by atoms with Gasteiger partial charge in [0.15, 0.2) is 12.4 Å². The second-order valence-electron chi connectivity index (χ2n) is 8.36. The molecule has 8 nitrogen and oxygen atoms in total. The van der Waals surface area contributed by atoms with Gasteiger partial charge >= 0.3 is 5.97 Å². The molecule has 8 heteroatoms. The number of carbonyl (C=O) groups is 3. The van der Waals surface area contributed by atoms with Crippen LogP contribution in [0.25, 0.3) is 0 Å². The number of ether oxygens (including phenoxy) is 2. The Labute approximate surface area is 214 Å². The molecule has 3 aromatic carbocycles. The maximum atomic E-state index is 12.8. The van der Waals surface area contributed by atoms with Crippen LogP contribution in [0.5, 0.6) is 5.75 Å². The van der Waals surface area contributed by atoms with Gasteiger partial charge in [0.2, 0.25) is 0 Å². The van der Waals surface area contributed by atoms with E-state index in [0.717, 1.165) is 11.3 Å². The van der Waals surface area contributed by atoms with Crippen LogP contribution in [0, 0.1) is 13.8 Å². The number of aryl methyl sites for hydroxylation is 2. The minimum atomic E-state index is -0.548. The van der Waals surface area contributed by atoms with E-state index >= 15 is 0 Å². The van der Waals surface area contributed by atoms with Crippen LogP contribution >= 0.6 is 0 Å². The molecule has 0 spiro atoms. The number of esters is 1. The smallest absolute Gasteiger partial charge is 0.310 e. The van der Waals surface area contributed by atoms with Gasteiger partial charge < -0.3 is 19.3 Å². The lowest BCUT2D eigenvalue weighted by Gasteiger charge is -2.11. The average molecular weight is 499 g/mol. The van der Waals surface area contributed by atoms with E-state index in [1.54, 1.807) is 72.8 Å². The summed E-state index contributed by atoms with van der Waals surface area (Å²) in [5.41, 5.74) is 3.62. The number of nitrogens with zero attached hydrogens (tertiary/aromatic N) is 1. The number of carbonyl (C=O) groups excluding carboxylic acids is 3. The molecule has 0 saturated heterocycles. The number of amides is 1. The summed E-state index contributed by atoms with van der Waals surface area (Å²) < 4.78 is 16.0. The fourth-order valence-corrected chi connectivity index (χ4v) is 3.65. The fraction of sp³-hybridized carbons (Fsp3) is 0.172. The Balaban J connectivity index is 1.26. The molecule has 1 aromatic heterocycles. The molecule has 4 aromatic rings. The van der Waals surface area contributed by atoms with E-state index in [9.17, 15) is 14.4 Å². The first-order valence-electron chi connectivity index (χ1n) is 11.7. The lowest BCUT2D eigenvalue weighted by molar-refractivity contribution is -0.146. The highest BCUT2D eigenvalue weighted by Gasteiger charge is 2.16. The van der Waals surface area contributed by atoms with Crippen LogP contribution in [0.2, 0.25) is 0 Å². The van der Waals surface area contributed by atoms with Gasteiger partial charge in [-0.3, -0.25) is 14.4 Å². The van der Waals surface area contributed by atoms with Crippen molar-refractivity contribution in [2.75, 3.05) is 11.9 Å². The Morgan fingerprint density at radius 1 is 0.892 bits per heavy atom. The molecule has 4 rings (SSSR count). The maximum absolute atomic E-state index is 12.8. The SMILES string of the molecule is Cc1noc(C)c1COc1ccc(CC(=O)OCC(=O)Nc2ccccc2C(=O)c2ccccc2)cc1. The molecule has 1 amide bonds. The van der Waals surface area contributed by atoms with Crippen molar-refractivity contribution < 1.29 is 28.4 Å². The minimum absolute atomic E-state index is 0.000503. The second kappa shape index (κ2) is 11.8. The summed E-state index contributed by atoms with van der Waals surface area (Å²) >= 11 is 0. The van der Waals surface area contributed by atoms with Crippen molar-refractivity contribution in [3.05, 3.63) is 113 Å². The van der Waals surface area contributed by atoms with Gasteiger partial charge in [0, 0.05) is 11.1 Å². The molecule has 188 valence electrons. The van der Waals surface area contributed by atoms with Crippen LogP contribution in [0.1, 0.15) is 38.5 Å². The molecular formula is C29H26N2O6. The Kier molecular flexibility index (Phi) is 8.10. The summed E-state index contributed by atoms with van der Waals surface area (Å²) in [5, 5.41) is 6.56. The molecule has 0 bridgehead atoms. The summed E-state index contributed by atoms with van der Waals surface area (Å²) in [6.45, 7) is 3.55. The zero-order valence-corrected chi connectivity index (χ0v) is 20.5. The third-order valence-corrected chi connectivity index (χ3v) is 5.68. The maximum Gasteiger partial charge on any atom is 0.310 e. The predicted molar refractivity (Wildman–Crippen MR) is 136 cm³/mol. The molecule has 0 atom stereocenters. The quantitative estimate of drug-likeness (QED) is 0.247. The monoisotopic (exact) mass is 498 g/mol. The normalized spacial score (nSPS) is 10.5. The van der Waals surface area contributed by atoms with Gasteiger partial charge in [0.25, 0.3) is 5.91 Å². The number of benzene rings is 3. The molecule has 1 N–H and O–H groups in total. The first kappa shape index (κ1) is 25.4. The largest absolute Gasteiger partial charge is 0.489 e. The van der Waals surface area contributed by atoms with Crippen molar-refractivity contribution in [1.29, 1.82) is 0 Å². The topological polar surface area (TPSA) is 108 Å².